The second kappa shape index (κ2) is 6.44. The summed E-state index contributed by atoms with van der Waals surface area (Å²) in [5, 5.41) is 7.65. The number of amides is 1. The van der Waals surface area contributed by atoms with Gasteiger partial charge in [0.15, 0.2) is 0 Å². The monoisotopic (exact) mass is 309 g/mol. The predicted octanol–water partition coefficient (Wildman–Crippen LogP) is 2.96. The van der Waals surface area contributed by atoms with Crippen LogP contribution in [0.3, 0.4) is 0 Å². The third-order valence-electron chi connectivity index (χ3n) is 4.58. The standard InChI is InChI=1S/C16H27N3OS/c1-10-14(21-12(3)18-10)11(2)19-15(20)16(4,5)13-7-6-8-17-9-13/h11,13,17H,6-9H2,1-5H3,(H,19,20). The van der Waals surface area contributed by atoms with Crippen LogP contribution in [0, 0.1) is 25.2 Å². The van der Waals surface area contributed by atoms with Crippen molar-refractivity contribution in [1.82, 2.24) is 15.6 Å². The van der Waals surface area contributed by atoms with Gasteiger partial charge in [0.25, 0.3) is 0 Å². The van der Waals surface area contributed by atoms with Gasteiger partial charge in [0, 0.05) is 10.3 Å². The molecule has 118 valence electrons. The molecule has 2 N–H and O–H groups in total. The Morgan fingerprint density at radius 1 is 1.48 bits per heavy atom. The Morgan fingerprint density at radius 2 is 2.19 bits per heavy atom. The van der Waals surface area contributed by atoms with Gasteiger partial charge >= 0.3 is 0 Å². The van der Waals surface area contributed by atoms with Crippen molar-refractivity contribution in [2.24, 2.45) is 11.3 Å². The van der Waals surface area contributed by atoms with E-state index in [-0.39, 0.29) is 17.4 Å². The minimum absolute atomic E-state index is 0.0273. The Bertz CT molecular complexity index is 504. The lowest BCUT2D eigenvalue weighted by atomic mass is 9.74. The van der Waals surface area contributed by atoms with E-state index in [2.05, 4.69) is 29.5 Å². The summed E-state index contributed by atoms with van der Waals surface area (Å²) < 4.78 is 0. The van der Waals surface area contributed by atoms with Crippen LogP contribution < -0.4 is 10.6 Å². The molecule has 1 aliphatic heterocycles. The highest BCUT2D eigenvalue weighted by atomic mass is 32.1. The van der Waals surface area contributed by atoms with Crippen LogP contribution in [0.5, 0.6) is 0 Å². The van der Waals surface area contributed by atoms with Gasteiger partial charge in [-0.1, -0.05) is 13.8 Å². The number of aromatic nitrogens is 1. The normalized spacial score (nSPS) is 21.1. The molecule has 1 saturated heterocycles. The number of nitrogens with one attached hydrogen (secondary N) is 2. The number of hydrogen-bond acceptors (Lipinski definition) is 4. The molecule has 2 atom stereocenters. The SMILES string of the molecule is Cc1nc(C)c(C(C)NC(=O)C(C)(C)C2CCCNC2)s1. The molecule has 2 rings (SSSR count). The summed E-state index contributed by atoms with van der Waals surface area (Å²) >= 11 is 1.67. The van der Waals surface area contributed by atoms with E-state index in [0.717, 1.165) is 36.6 Å². The third-order valence-corrected chi connectivity index (χ3v) is 5.84. The van der Waals surface area contributed by atoms with Gasteiger partial charge in [-0.15, -0.1) is 11.3 Å². The number of nitrogens with zero attached hydrogens (tertiary/aromatic N) is 1. The molecule has 4 nitrogen and oxygen atoms in total. The molecule has 2 heterocycles. The van der Waals surface area contributed by atoms with E-state index in [4.69, 9.17) is 0 Å². The van der Waals surface area contributed by atoms with Crippen LogP contribution in [0.2, 0.25) is 0 Å². The maximum Gasteiger partial charge on any atom is 0.226 e. The van der Waals surface area contributed by atoms with Crippen LogP contribution >= 0.6 is 11.3 Å². The summed E-state index contributed by atoms with van der Waals surface area (Å²) in [5.41, 5.74) is 0.692. The lowest BCUT2D eigenvalue weighted by molar-refractivity contribution is -0.133. The first kappa shape index (κ1) is 16.4. The highest BCUT2D eigenvalue weighted by molar-refractivity contribution is 7.11. The van der Waals surface area contributed by atoms with E-state index >= 15 is 0 Å². The first-order valence-electron chi connectivity index (χ1n) is 7.78. The molecule has 21 heavy (non-hydrogen) atoms. The minimum Gasteiger partial charge on any atom is -0.348 e. The number of aryl methyl sites for hydroxylation is 2. The third kappa shape index (κ3) is 3.64. The Balaban J connectivity index is 2.04. The predicted molar refractivity (Wildman–Crippen MR) is 87.5 cm³/mol. The fourth-order valence-corrected chi connectivity index (χ4v) is 3.98. The maximum absolute atomic E-state index is 12.7. The molecule has 1 amide bonds. The molecule has 1 aromatic heterocycles. The molecule has 0 aliphatic carbocycles. The zero-order chi connectivity index (χ0) is 15.6. The minimum atomic E-state index is -0.338. The fourth-order valence-electron chi connectivity index (χ4n) is 3.05. The number of hydrogen-bond donors (Lipinski definition) is 2. The summed E-state index contributed by atoms with van der Waals surface area (Å²) in [5.74, 6) is 0.553. The lowest BCUT2D eigenvalue weighted by Gasteiger charge is -2.36. The van der Waals surface area contributed by atoms with Crippen molar-refractivity contribution >= 4 is 17.2 Å². The zero-order valence-electron chi connectivity index (χ0n) is 13.7. The van der Waals surface area contributed by atoms with Crippen LogP contribution in [-0.4, -0.2) is 24.0 Å². The van der Waals surface area contributed by atoms with Crippen LogP contribution in [0.4, 0.5) is 0 Å². The van der Waals surface area contributed by atoms with Gasteiger partial charge in [0.2, 0.25) is 5.91 Å². The van der Waals surface area contributed by atoms with Crippen molar-refractivity contribution in [2.75, 3.05) is 13.1 Å². The van der Waals surface area contributed by atoms with E-state index in [0.29, 0.717) is 5.92 Å². The second-order valence-corrected chi connectivity index (χ2v) is 7.88. The summed E-state index contributed by atoms with van der Waals surface area (Å²) in [6.07, 6.45) is 2.28. The molecule has 0 saturated carbocycles. The molecule has 1 aliphatic rings. The maximum atomic E-state index is 12.7. The molecular weight excluding hydrogens is 282 g/mol. The van der Waals surface area contributed by atoms with E-state index in [9.17, 15) is 4.79 Å². The number of thiazole rings is 1. The fraction of sp³-hybridized carbons (Fsp3) is 0.750. The average Bonchev–Trinajstić information content (AvgIpc) is 2.78. The smallest absolute Gasteiger partial charge is 0.226 e. The largest absolute Gasteiger partial charge is 0.348 e. The molecule has 1 fully saturated rings. The highest BCUT2D eigenvalue weighted by Crippen LogP contribution is 2.33. The summed E-state index contributed by atoms with van der Waals surface area (Å²) in [6.45, 7) is 12.2. The molecular formula is C16H27N3OS. The van der Waals surface area contributed by atoms with Crippen molar-refractivity contribution in [3.8, 4) is 0 Å². The molecule has 0 spiro atoms. The number of piperidine rings is 1. The van der Waals surface area contributed by atoms with Gasteiger partial charge in [-0.05, 0) is 52.6 Å². The Hall–Kier alpha value is -0.940. The average molecular weight is 309 g/mol. The van der Waals surface area contributed by atoms with Gasteiger partial charge in [0.1, 0.15) is 0 Å². The molecule has 0 radical (unpaired) electrons. The lowest BCUT2D eigenvalue weighted by Crippen LogP contribution is -2.47. The summed E-state index contributed by atoms with van der Waals surface area (Å²) in [4.78, 5) is 18.3. The summed E-state index contributed by atoms with van der Waals surface area (Å²) in [7, 11) is 0. The van der Waals surface area contributed by atoms with Crippen molar-refractivity contribution in [1.29, 1.82) is 0 Å². The Kier molecular flexibility index (Phi) is 5.04. The topological polar surface area (TPSA) is 54.0 Å². The van der Waals surface area contributed by atoms with Crippen molar-refractivity contribution in [3.63, 3.8) is 0 Å². The van der Waals surface area contributed by atoms with E-state index in [1.807, 2.05) is 20.8 Å². The van der Waals surface area contributed by atoms with Crippen molar-refractivity contribution in [3.05, 3.63) is 15.6 Å². The second-order valence-electron chi connectivity index (χ2n) is 6.64. The van der Waals surface area contributed by atoms with Crippen molar-refractivity contribution < 1.29 is 4.79 Å². The number of rotatable bonds is 4. The molecule has 1 aromatic rings. The van der Waals surface area contributed by atoms with Crippen molar-refractivity contribution in [2.45, 2.75) is 53.5 Å². The molecule has 5 heteroatoms. The van der Waals surface area contributed by atoms with Crippen LogP contribution in [-0.2, 0) is 4.79 Å². The van der Waals surface area contributed by atoms with E-state index in [1.165, 1.54) is 4.88 Å². The Morgan fingerprint density at radius 3 is 2.71 bits per heavy atom. The molecule has 0 aromatic carbocycles. The van der Waals surface area contributed by atoms with E-state index in [1.54, 1.807) is 11.3 Å². The van der Waals surface area contributed by atoms with Crippen LogP contribution in [0.25, 0.3) is 0 Å². The van der Waals surface area contributed by atoms with Gasteiger partial charge < -0.3 is 10.6 Å². The highest BCUT2D eigenvalue weighted by Gasteiger charge is 2.37. The van der Waals surface area contributed by atoms with E-state index < -0.39 is 0 Å². The van der Waals surface area contributed by atoms with Gasteiger partial charge in [-0.2, -0.15) is 0 Å². The number of carbonyl (C=O) groups excluding carboxylic acids is 1. The molecule has 2 unspecified atom stereocenters. The quantitative estimate of drug-likeness (QED) is 0.899. The van der Waals surface area contributed by atoms with Gasteiger partial charge in [-0.3, -0.25) is 4.79 Å². The zero-order valence-corrected chi connectivity index (χ0v) is 14.6. The first-order chi connectivity index (χ1) is 9.82. The first-order valence-corrected chi connectivity index (χ1v) is 8.59. The van der Waals surface area contributed by atoms with Gasteiger partial charge in [0.05, 0.1) is 16.7 Å². The summed E-state index contributed by atoms with van der Waals surface area (Å²) in [6, 6.07) is 0.0273. The number of carbonyl (C=O) groups is 1. The van der Waals surface area contributed by atoms with Crippen LogP contribution in [0.15, 0.2) is 0 Å². The Labute approximate surface area is 131 Å². The van der Waals surface area contributed by atoms with Crippen LogP contribution in [0.1, 0.15) is 55.2 Å². The van der Waals surface area contributed by atoms with Gasteiger partial charge in [-0.25, -0.2) is 4.98 Å². The molecule has 0 bridgehead atoms.